The standard InChI is InChI=1S/C16H22N4O3S/c1-22-13-7-17-14(18-8-13)15(21)20-10-16(11-20)6-12(9-24-16)19-2-4-23-5-3-19/h7-8,12H,2-6,9-11H2,1H3. The Hall–Kier alpha value is -1.38. The first-order valence-electron chi connectivity index (χ1n) is 8.30. The summed E-state index contributed by atoms with van der Waals surface area (Å²) in [6, 6.07) is 0.619. The van der Waals surface area contributed by atoms with Gasteiger partial charge in [-0.3, -0.25) is 9.69 Å². The molecule has 0 saturated carbocycles. The highest BCUT2D eigenvalue weighted by atomic mass is 32.2. The van der Waals surface area contributed by atoms with E-state index in [1.165, 1.54) is 12.4 Å². The lowest BCUT2D eigenvalue weighted by atomic mass is 9.91. The van der Waals surface area contributed by atoms with Gasteiger partial charge >= 0.3 is 0 Å². The summed E-state index contributed by atoms with van der Waals surface area (Å²) in [5, 5.41) is 0. The fourth-order valence-electron chi connectivity index (χ4n) is 3.68. The SMILES string of the molecule is COc1cnc(C(=O)N2CC3(CC(N4CCOCC4)CS3)C2)nc1. The lowest BCUT2D eigenvalue weighted by molar-refractivity contribution is 0.0136. The Bertz CT molecular complexity index is 600. The quantitative estimate of drug-likeness (QED) is 0.787. The number of morpholine rings is 1. The molecule has 1 atom stereocenters. The van der Waals surface area contributed by atoms with E-state index in [0.29, 0.717) is 11.8 Å². The molecule has 1 aromatic heterocycles. The van der Waals surface area contributed by atoms with Crippen LogP contribution in [0.5, 0.6) is 5.75 Å². The van der Waals surface area contributed by atoms with Crippen molar-refractivity contribution in [1.82, 2.24) is 19.8 Å². The van der Waals surface area contributed by atoms with E-state index in [9.17, 15) is 4.79 Å². The van der Waals surface area contributed by atoms with Gasteiger partial charge in [0.25, 0.3) is 5.91 Å². The van der Waals surface area contributed by atoms with Crippen LogP contribution in [0.25, 0.3) is 0 Å². The molecular weight excluding hydrogens is 328 g/mol. The predicted octanol–water partition coefficient (Wildman–Crippen LogP) is 0.517. The Balaban J connectivity index is 1.33. The molecule has 4 rings (SSSR count). The van der Waals surface area contributed by atoms with Crippen LogP contribution in [0.2, 0.25) is 0 Å². The molecular formula is C16H22N4O3S. The number of thioether (sulfide) groups is 1. The fraction of sp³-hybridized carbons (Fsp3) is 0.688. The van der Waals surface area contributed by atoms with E-state index in [1.54, 1.807) is 7.11 Å². The molecule has 1 amide bonds. The lowest BCUT2D eigenvalue weighted by Gasteiger charge is -2.47. The number of rotatable bonds is 3. The lowest BCUT2D eigenvalue weighted by Crippen LogP contribution is -2.61. The second kappa shape index (κ2) is 6.50. The molecule has 7 nitrogen and oxygen atoms in total. The van der Waals surface area contributed by atoms with Crippen molar-refractivity contribution in [2.24, 2.45) is 0 Å². The van der Waals surface area contributed by atoms with Crippen LogP contribution in [0.4, 0.5) is 0 Å². The van der Waals surface area contributed by atoms with Gasteiger partial charge in [0.05, 0.1) is 37.5 Å². The molecule has 3 aliphatic rings. The molecule has 24 heavy (non-hydrogen) atoms. The van der Waals surface area contributed by atoms with Crippen molar-refractivity contribution < 1.29 is 14.3 Å². The average Bonchev–Trinajstić information content (AvgIpc) is 3.06. The molecule has 1 unspecified atom stereocenters. The summed E-state index contributed by atoms with van der Waals surface area (Å²) in [6.45, 7) is 5.34. The molecule has 0 N–H and O–H groups in total. The third kappa shape index (κ3) is 2.98. The average molecular weight is 350 g/mol. The number of hydrogen-bond acceptors (Lipinski definition) is 7. The maximum Gasteiger partial charge on any atom is 0.291 e. The smallest absolute Gasteiger partial charge is 0.291 e. The molecule has 130 valence electrons. The second-order valence-corrected chi connectivity index (χ2v) is 8.10. The third-order valence-corrected chi connectivity index (χ3v) is 6.64. The monoisotopic (exact) mass is 350 g/mol. The first-order valence-corrected chi connectivity index (χ1v) is 9.29. The van der Waals surface area contributed by atoms with Gasteiger partial charge in [0.2, 0.25) is 5.82 Å². The van der Waals surface area contributed by atoms with Gasteiger partial charge in [-0.1, -0.05) is 0 Å². The summed E-state index contributed by atoms with van der Waals surface area (Å²) in [5.74, 6) is 1.88. The molecule has 3 aliphatic heterocycles. The van der Waals surface area contributed by atoms with Crippen molar-refractivity contribution in [1.29, 1.82) is 0 Å². The Labute approximate surface area is 145 Å². The third-order valence-electron chi connectivity index (χ3n) is 5.05. The van der Waals surface area contributed by atoms with Gasteiger partial charge in [-0.05, 0) is 6.42 Å². The van der Waals surface area contributed by atoms with Crippen molar-refractivity contribution >= 4 is 17.7 Å². The van der Waals surface area contributed by atoms with Gasteiger partial charge < -0.3 is 14.4 Å². The second-order valence-electron chi connectivity index (χ2n) is 6.61. The first-order chi connectivity index (χ1) is 11.7. The Morgan fingerprint density at radius 3 is 2.71 bits per heavy atom. The van der Waals surface area contributed by atoms with Crippen LogP contribution >= 0.6 is 11.8 Å². The van der Waals surface area contributed by atoms with Gasteiger partial charge in [-0.2, -0.15) is 0 Å². The highest BCUT2D eigenvalue weighted by molar-refractivity contribution is 8.01. The van der Waals surface area contributed by atoms with E-state index in [4.69, 9.17) is 9.47 Å². The van der Waals surface area contributed by atoms with E-state index in [-0.39, 0.29) is 16.5 Å². The van der Waals surface area contributed by atoms with Crippen molar-refractivity contribution in [3.63, 3.8) is 0 Å². The number of hydrogen-bond donors (Lipinski definition) is 0. The molecule has 4 heterocycles. The number of carbonyl (C=O) groups excluding carboxylic acids is 1. The van der Waals surface area contributed by atoms with Crippen molar-refractivity contribution in [2.45, 2.75) is 17.2 Å². The number of nitrogens with zero attached hydrogens (tertiary/aromatic N) is 4. The number of methoxy groups -OCH3 is 1. The van der Waals surface area contributed by atoms with E-state index < -0.39 is 0 Å². The van der Waals surface area contributed by atoms with Crippen molar-refractivity contribution in [2.75, 3.05) is 52.3 Å². The number of carbonyl (C=O) groups is 1. The molecule has 8 heteroatoms. The number of likely N-dealkylation sites (tertiary alicyclic amines) is 1. The summed E-state index contributed by atoms with van der Waals surface area (Å²) < 4.78 is 10.7. The van der Waals surface area contributed by atoms with Crippen LogP contribution in [-0.4, -0.2) is 88.7 Å². The molecule has 0 radical (unpaired) electrons. The minimum absolute atomic E-state index is 0.0845. The Morgan fingerprint density at radius 1 is 1.33 bits per heavy atom. The van der Waals surface area contributed by atoms with Gasteiger partial charge in [-0.15, -0.1) is 11.8 Å². The maximum atomic E-state index is 12.5. The van der Waals surface area contributed by atoms with Crippen LogP contribution in [-0.2, 0) is 4.74 Å². The molecule has 3 fully saturated rings. The summed E-state index contributed by atoms with van der Waals surface area (Å²) in [4.78, 5) is 25.1. The summed E-state index contributed by atoms with van der Waals surface area (Å²) in [7, 11) is 1.56. The number of aromatic nitrogens is 2. The zero-order valence-corrected chi connectivity index (χ0v) is 14.6. The largest absolute Gasteiger partial charge is 0.494 e. The molecule has 1 aromatic rings. The van der Waals surface area contributed by atoms with E-state index >= 15 is 0 Å². The minimum Gasteiger partial charge on any atom is -0.494 e. The zero-order valence-electron chi connectivity index (χ0n) is 13.8. The minimum atomic E-state index is -0.0845. The molecule has 0 aliphatic carbocycles. The van der Waals surface area contributed by atoms with Crippen molar-refractivity contribution in [3.05, 3.63) is 18.2 Å². The van der Waals surface area contributed by atoms with Crippen LogP contribution in [0, 0.1) is 0 Å². The van der Waals surface area contributed by atoms with Crippen LogP contribution in [0.1, 0.15) is 17.0 Å². The van der Waals surface area contributed by atoms with Gasteiger partial charge in [0, 0.05) is 38.0 Å². The topological polar surface area (TPSA) is 67.8 Å². The first kappa shape index (κ1) is 16.1. The van der Waals surface area contributed by atoms with Crippen LogP contribution in [0.15, 0.2) is 12.4 Å². The fourth-order valence-corrected chi connectivity index (χ4v) is 5.36. The number of ether oxygens (including phenoxy) is 2. The van der Waals surface area contributed by atoms with Gasteiger partial charge in [0.1, 0.15) is 0 Å². The molecule has 3 saturated heterocycles. The summed E-state index contributed by atoms with van der Waals surface area (Å²) in [5.41, 5.74) is 0. The summed E-state index contributed by atoms with van der Waals surface area (Å²) in [6.07, 6.45) is 4.23. The molecule has 0 aromatic carbocycles. The zero-order chi connectivity index (χ0) is 16.6. The van der Waals surface area contributed by atoms with Crippen LogP contribution < -0.4 is 4.74 Å². The van der Waals surface area contributed by atoms with E-state index in [2.05, 4.69) is 14.9 Å². The Kier molecular flexibility index (Phi) is 4.36. The summed E-state index contributed by atoms with van der Waals surface area (Å²) >= 11 is 2.02. The number of amides is 1. The predicted molar refractivity (Wildman–Crippen MR) is 90.5 cm³/mol. The van der Waals surface area contributed by atoms with E-state index in [0.717, 1.165) is 51.6 Å². The Morgan fingerprint density at radius 2 is 2.04 bits per heavy atom. The van der Waals surface area contributed by atoms with Crippen molar-refractivity contribution in [3.8, 4) is 5.75 Å². The normalized spacial score (nSPS) is 26.4. The maximum absolute atomic E-state index is 12.5. The molecule has 1 spiro atoms. The van der Waals surface area contributed by atoms with Gasteiger partial charge in [-0.25, -0.2) is 9.97 Å². The highest BCUT2D eigenvalue weighted by Crippen LogP contribution is 2.46. The molecule has 0 bridgehead atoms. The van der Waals surface area contributed by atoms with Crippen LogP contribution in [0.3, 0.4) is 0 Å². The van der Waals surface area contributed by atoms with E-state index in [1.807, 2.05) is 16.7 Å². The highest BCUT2D eigenvalue weighted by Gasteiger charge is 2.52. The van der Waals surface area contributed by atoms with Gasteiger partial charge in [0.15, 0.2) is 5.75 Å².